The van der Waals surface area contributed by atoms with E-state index in [1.165, 1.54) is 0 Å². The molecule has 0 amide bonds. The standard InChI is InChI=1S/C22H33N5O2.HI/c1-6-23-21(25-14-20-24-13-19(29-20)22(2,3)4)26-16-11-12-27(15-16)17-9-7-8-10-18(17)28-5;/h7-10,13,16H,6,11-12,14-15H2,1-5H3,(H2,23,25,26);1H. The molecule has 8 heteroatoms. The smallest absolute Gasteiger partial charge is 0.216 e. The predicted molar refractivity (Wildman–Crippen MR) is 132 cm³/mol. The van der Waals surface area contributed by atoms with Gasteiger partial charge >= 0.3 is 0 Å². The zero-order valence-electron chi connectivity index (χ0n) is 18.6. The fourth-order valence-corrected chi connectivity index (χ4v) is 3.38. The van der Waals surface area contributed by atoms with Crippen molar-refractivity contribution in [1.82, 2.24) is 15.6 Å². The van der Waals surface area contributed by atoms with E-state index in [0.29, 0.717) is 18.5 Å². The molecule has 1 saturated heterocycles. The van der Waals surface area contributed by atoms with Crippen LogP contribution in [0, 0.1) is 0 Å². The molecule has 7 nitrogen and oxygen atoms in total. The molecule has 1 aromatic heterocycles. The lowest BCUT2D eigenvalue weighted by Crippen LogP contribution is -2.44. The van der Waals surface area contributed by atoms with E-state index in [4.69, 9.17) is 9.15 Å². The topological polar surface area (TPSA) is 74.9 Å². The van der Waals surface area contributed by atoms with Crippen LogP contribution in [0.15, 0.2) is 39.9 Å². The van der Waals surface area contributed by atoms with Crippen molar-refractivity contribution in [3.63, 3.8) is 0 Å². The first kappa shape index (κ1) is 24.3. The monoisotopic (exact) mass is 527 g/mol. The normalized spacial score (nSPS) is 16.9. The quantitative estimate of drug-likeness (QED) is 0.337. The molecule has 2 aromatic rings. The summed E-state index contributed by atoms with van der Waals surface area (Å²) in [6.07, 6.45) is 2.84. The Morgan fingerprint density at radius 1 is 1.33 bits per heavy atom. The average molecular weight is 527 g/mol. The minimum Gasteiger partial charge on any atom is -0.495 e. The number of benzene rings is 1. The Morgan fingerprint density at radius 2 is 2.10 bits per heavy atom. The van der Waals surface area contributed by atoms with Crippen LogP contribution in [0.25, 0.3) is 0 Å². The second-order valence-corrected chi connectivity index (χ2v) is 8.31. The second kappa shape index (κ2) is 10.9. The lowest BCUT2D eigenvalue weighted by Gasteiger charge is -2.22. The molecule has 166 valence electrons. The van der Waals surface area contributed by atoms with Crippen molar-refractivity contribution in [1.29, 1.82) is 0 Å². The summed E-state index contributed by atoms with van der Waals surface area (Å²) in [6.45, 7) is 11.5. The number of hydrogen-bond donors (Lipinski definition) is 2. The summed E-state index contributed by atoms with van der Waals surface area (Å²) in [6, 6.07) is 8.47. The van der Waals surface area contributed by atoms with E-state index in [9.17, 15) is 0 Å². The highest BCUT2D eigenvalue weighted by atomic mass is 127. The first-order valence-corrected chi connectivity index (χ1v) is 10.3. The van der Waals surface area contributed by atoms with Gasteiger partial charge in [-0.1, -0.05) is 32.9 Å². The van der Waals surface area contributed by atoms with Crippen LogP contribution in [0.2, 0.25) is 0 Å². The van der Waals surface area contributed by atoms with Gasteiger partial charge in [-0.15, -0.1) is 24.0 Å². The summed E-state index contributed by atoms with van der Waals surface area (Å²) < 4.78 is 11.4. The Hall–Kier alpha value is -1.97. The summed E-state index contributed by atoms with van der Waals surface area (Å²) in [4.78, 5) is 11.4. The third-order valence-electron chi connectivity index (χ3n) is 4.96. The molecule has 1 aromatic carbocycles. The third kappa shape index (κ3) is 6.26. The Kier molecular flexibility index (Phi) is 8.81. The molecule has 1 aliphatic rings. The van der Waals surface area contributed by atoms with E-state index in [1.54, 1.807) is 13.3 Å². The third-order valence-corrected chi connectivity index (χ3v) is 4.96. The van der Waals surface area contributed by atoms with Crippen molar-refractivity contribution in [3.8, 4) is 5.75 Å². The van der Waals surface area contributed by atoms with Crippen molar-refractivity contribution in [2.75, 3.05) is 31.6 Å². The molecule has 1 aliphatic heterocycles. The van der Waals surface area contributed by atoms with Crippen LogP contribution in [0.4, 0.5) is 5.69 Å². The maximum absolute atomic E-state index is 5.85. The van der Waals surface area contributed by atoms with Crippen molar-refractivity contribution < 1.29 is 9.15 Å². The number of hydrogen-bond acceptors (Lipinski definition) is 5. The number of nitrogens with zero attached hydrogens (tertiary/aromatic N) is 3. The molecule has 1 fully saturated rings. The van der Waals surface area contributed by atoms with E-state index in [0.717, 1.165) is 49.2 Å². The number of para-hydroxylation sites is 2. The highest BCUT2D eigenvalue weighted by molar-refractivity contribution is 14.0. The van der Waals surface area contributed by atoms with Crippen molar-refractivity contribution >= 4 is 35.6 Å². The first-order valence-electron chi connectivity index (χ1n) is 10.3. The van der Waals surface area contributed by atoms with Crippen LogP contribution in [0.1, 0.15) is 45.8 Å². The highest BCUT2D eigenvalue weighted by Crippen LogP contribution is 2.30. The van der Waals surface area contributed by atoms with E-state index in [1.807, 2.05) is 18.2 Å². The Balaban J connectivity index is 0.00000320. The van der Waals surface area contributed by atoms with Gasteiger partial charge in [-0.2, -0.15) is 0 Å². The van der Waals surface area contributed by atoms with Crippen molar-refractivity contribution in [2.24, 2.45) is 4.99 Å². The minimum atomic E-state index is -0.0521. The van der Waals surface area contributed by atoms with Gasteiger partial charge in [0.15, 0.2) is 5.96 Å². The molecule has 2 N–H and O–H groups in total. The number of ether oxygens (including phenoxy) is 1. The Morgan fingerprint density at radius 3 is 2.77 bits per heavy atom. The fourth-order valence-electron chi connectivity index (χ4n) is 3.38. The molecule has 2 heterocycles. The second-order valence-electron chi connectivity index (χ2n) is 8.31. The van der Waals surface area contributed by atoms with Gasteiger partial charge in [0.1, 0.15) is 18.1 Å². The van der Waals surface area contributed by atoms with Crippen molar-refractivity contribution in [3.05, 3.63) is 42.1 Å². The lowest BCUT2D eigenvalue weighted by atomic mass is 9.94. The first-order chi connectivity index (χ1) is 13.9. The highest BCUT2D eigenvalue weighted by Gasteiger charge is 2.25. The summed E-state index contributed by atoms with van der Waals surface area (Å²) >= 11 is 0. The zero-order chi connectivity index (χ0) is 20.9. The van der Waals surface area contributed by atoms with Crippen LogP contribution < -0.4 is 20.3 Å². The molecule has 1 atom stereocenters. The molecule has 0 aliphatic carbocycles. The number of aromatic nitrogens is 1. The molecule has 0 radical (unpaired) electrons. The number of guanidine groups is 1. The van der Waals surface area contributed by atoms with Crippen LogP contribution >= 0.6 is 24.0 Å². The summed E-state index contributed by atoms with van der Waals surface area (Å²) in [7, 11) is 1.72. The van der Waals surface area contributed by atoms with Gasteiger partial charge in [-0.3, -0.25) is 0 Å². The number of aliphatic imine (C=N–C) groups is 1. The van der Waals surface area contributed by atoms with E-state index < -0.39 is 0 Å². The molecular weight excluding hydrogens is 493 g/mol. The molecule has 3 rings (SSSR count). The molecular formula is C22H34IN5O2. The SMILES string of the molecule is CCNC(=NCc1ncc(C(C)(C)C)o1)NC1CCN(c2ccccc2OC)C1.I. The minimum absolute atomic E-state index is 0. The van der Waals surface area contributed by atoms with Crippen LogP contribution in [0.5, 0.6) is 5.75 Å². The Labute approximate surface area is 196 Å². The van der Waals surface area contributed by atoms with E-state index in [-0.39, 0.29) is 29.4 Å². The number of halogens is 1. The van der Waals surface area contributed by atoms with Gasteiger partial charge in [-0.05, 0) is 25.5 Å². The number of methoxy groups -OCH3 is 1. The van der Waals surface area contributed by atoms with Crippen LogP contribution in [0.3, 0.4) is 0 Å². The molecule has 0 bridgehead atoms. The van der Waals surface area contributed by atoms with Gasteiger partial charge in [0.25, 0.3) is 0 Å². The average Bonchev–Trinajstić information content (AvgIpc) is 3.35. The molecule has 0 saturated carbocycles. The summed E-state index contributed by atoms with van der Waals surface area (Å²) in [5, 5.41) is 6.87. The van der Waals surface area contributed by atoms with Gasteiger partial charge in [0, 0.05) is 31.1 Å². The molecule has 30 heavy (non-hydrogen) atoms. The van der Waals surface area contributed by atoms with Gasteiger partial charge < -0.3 is 24.7 Å². The van der Waals surface area contributed by atoms with Crippen LogP contribution in [-0.2, 0) is 12.0 Å². The Bertz CT molecular complexity index is 831. The zero-order valence-corrected chi connectivity index (χ0v) is 20.9. The largest absolute Gasteiger partial charge is 0.495 e. The lowest BCUT2D eigenvalue weighted by molar-refractivity contribution is 0.383. The molecule has 0 spiro atoms. The maximum Gasteiger partial charge on any atom is 0.216 e. The number of anilines is 1. The predicted octanol–water partition coefficient (Wildman–Crippen LogP) is 3.93. The van der Waals surface area contributed by atoms with Crippen molar-refractivity contribution in [2.45, 2.75) is 52.1 Å². The number of rotatable bonds is 6. The fraction of sp³-hybridized carbons (Fsp3) is 0.545. The summed E-state index contributed by atoms with van der Waals surface area (Å²) in [5.74, 6) is 3.21. The number of nitrogens with one attached hydrogen (secondary N) is 2. The van der Waals surface area contributed by atoms with Gasteiger partial charge in [0.05, 0.1) is 19.0 Å². The molecule has 1 unspecified atom stereocenters. The van der Waals surface area contributed by atoms with Gasteiger partial charge in [-0.25, -0.2) is 9.98 Å². The van der Waals surface area contributed by atoms with E-state index in [2.05, 4.69) is 59.3 Å². The summed E-state index contributed by atoms with van der Waals surface area (Å²) in [5.41, 5.74) is 1.08. The van der Waals surface area contributed by atoms with Gasteiger partial charge in [0.2, 0.25) is 5.89 Å². The number of oxazole rings is 1. The maximum atomic E-state index is 5.85. The van der Waals surface area contributed by atoms with E-state index >= 15 is 0 Å². The van der Waals surface area contributed by atoms with Crippen LogP contribution in [-0.4, -0.2) is 43.7 Å².